The van der Waals surface area contributed by atoms with E-state index in [1.807, 2.05) is 24.3 Å². The Morgan fingerprint density at radius 2 is 1.82 bits per heavy atom. The van der Waals surface area contributed by atoms with Gasteiger partial charge in [-0.1, -0.05) is 23.7 Å². The molecule has 0 saturated carbocycles. The van der Waals surface area contributed by atoms with E-state index in [1.54, 1.807) is 43.1 Å². The summed E-state index contributed by atoms with van der Waals surface area (Å²) >= 11 is 7.56. The maximum absolute atomic E-state index is 12.3. The number of hydrogen-bond acceptors (Lipinski definition) is 4. The quantitative estimate of drug-likeness (QED) is 0.411. The van der Waals surface area contributed by atoms with Crippen molar-refractivity contribution in [2.24, 2.45) is 0 Å². The Labute approximate surface area is 175 Å². The van der Waals surface area contributed by atoms with Gasteiger partial charge in [-0.3, -0.25) is 9.59 Å². The summed E-state index contributed by atoms with van der Waals surface area (Å²) in [6.07, 6.45) is 1.87. The summed E-state index contributed by atoms with van der Waals surface area (Å²) in [7, 11) is 1.63. The first-order chi connectivity index (χ1) is 13.6. The van der Waals surface area contributed by atoms with Crippen LogP contribution in [0.1, 0.15) is 29.6 Å². The minimum absolute atomic E-state index is 0.101. The van der Waals surface area contributed by atoms with Gasteiger partial charge in [0, 0.05) is 36.6 Å². The summed E-state index contributed by atoms with van der Waals surface area (Å²) in [4.78, 5) is 25.7. The second-order valence-corrected chi connectivity index (χ2v) is 7.71. The monoisotopic (exact) mass is 420 g/mol. The zero-order valence-electron chi connectivity index (χ0n) is 15.9. The largest absolute Gasteiger partial charge is 0.385 e. The van der Waals surface area contributed by atoms with Gasteiger partial charge >= 0.3 is 0 Å². The first-order valence-corrected chi connectivity index (χ1v) is 10.5. The lowest BCUT2D eigenvalue weighted by Gasteiger charge is -2.11. The molecule has 2 aromatic carbocycles. The average Bonchev–Trinajstić information content (AvgIpc) is 2.70. The number of rotatable bonds is 11. The number of amides is 2. The SMILES string of the molecule is COCCCNC(=O)c1ccccc1NC(=O)CCCSc1ccc(Cl)cc1. The maximum atomic E-state index is 12.3. The molecule has 2 amide bonds. The molecule has 5 nitrogen and oxygen atoms in total. The van der Waals surface area contributed by atoms with Crippen LogP contribution in [0.2, 0.25) is 5.02 Å². The number of halogens is 1. The van der Waals surface area contributed by atoms with Crippen molar-refractivity contribution in [2.75, 3.05) is 31.3 Å². The van der Waals surface area contributed by atoms with Crippen LogP contribution in [0.4, 0.5) is 5.69 Å². The van der Waals surface area contributed by atoms with Crippen molar-refractivity contribution in [3.05, 3.63) is 59.1 Å². The highest BCUT2D eigenvalue weighted by molar-refractivity contribution is 7.99. The van der Waals surface area contributed by atoms with Crippen LogP contribution in [0.3, 0.4) is 0 Å². The summed E-state index contributed by atoms with van der Waals surface area (Å²) in [6, 6.07) is 14.7. The molecule has 0 bridgehead atoms. The predicted molar refractivity (Wildman–Crippen MR) is 115 cm³/mol. The number of benzene rings is 2. The van der Waals surface area contributed by atoms with Gasteiger partial charge in [-0.2, -0.15) is 0 Å². The lowest BCUT2D eigenvalue weighted by atomic mass is 10.1. The van der Waals surface area contributed by atoms with Gasteiger partial charge in [0.15, 0.2) is 0 Å². The number of methoxy groups -OCH3 is 1. The van der Waals surface area contributed by atoms with Crippen molar-refractivity contribution in [3.63, 3.8) is 0 Å². The van der Waals surface area contributed by atoms with Crippen LogP contribution in [0.5, 0.6) is 0 Å². The number of para-hydroxylation sites is 1. The van der Waals surface area contributed by atoms with E-state index in [4.69, 9.17) is 16.3 Å². The van der Waals surface area contributed by atoms with Gasteiger partial charge in [0.25, 0.3) is 5.91 Å². The summed E-state index contributed by atoms with van der Waals surface area (Å²) in [5.41, 5.74) is 0.992. The third-order valence-electron chi connectivity index (χ3n) is 3.89. The van der Waals surface area contributed by atoms with Crippen LogP contribution < -0.4 is 10.6 Å². The predicted octanol–water partition coefficient (Wildman–Crippen LogP) is 4.62. The standard InChI is InChI=1S/C21H25ClN2O3S/c1-27-14-5-13-23-21(26)18-6-2-3-7-19(18)24-20(25)8-4-15-28-17-11-9-16(22)10-12-17/h2-3,6-7,9-12H,4-5,8,13-15H2,1H3,(H,23,26)(H,24,25). The zero-order chi connectivity index (χ0) is 20.2. The molecule has 0 unspecified atom stereocenters. The first-order valence-electron chi connectivity index (χ1n) is 9.14. The number of thioether (sulfide) groups is 1. The van der Waals surface area contributed by atoms with Crippen LogP contribution >= 0.6 is 23.4 Å². The third-order valence-corrected chi connectivity index (χ3v) is 5.24. The van der Waals surface area contributed by atoms with Gasteiger partial charge in [-0.25, -0.2) is 0 Å². The lowest BCUT2D eigenvalue weighted by molar-refractivity contribution is -0.116. The van der Waals surface area contributed by atoms with Gasteiger partial charge in [0.2, 0.25) is 5.91 Å². The van der Waals surface area contributed by atoms with E-state index in [0.29, 0.717) is 35.8 Å². The van der Waals surface area contributed by atoms with Gasteiger partial charge in [0.05, 0.1) is 11.3 Å². The topological polar surface area (TPSA) is 67.4 Å². The Balaban J connectivity index is 1.78. The van der Waals surface area contributed by atoms with Gasteiger partial charge in [-0.05, 0) is 55.0 Å². The fraction of sp³-hybridized carbons (Fsp3) is 0.333. The zero-order valence-corrected chi connectivity index (χ0v) is 17.4. The van der Waals surface area contributed by atoms with E-state index in [9.17, 15) is 9.59 Å². The Bertz CT molecular complexity index is 769. The van der Waals surface area contributed by atoms with Crippen LogP contribution in [0, 0.1) is 0 Å². The molecule has 0 spiro atoms. The van der Waals surface area contributed by atoms with Crippen LogP contribution in [0.25, 0.3) is 0 Å². The van der Waals surface area contributed by atoms with Gasteiger partial charge < -0.3 is 15.4 Å². The highest BCUT2D eigenvalue weighted by atomic mass is 35.5. The van der Waals surface area contributed by atoms with E-state index in [1.165, 1.54) is 0 Å². The minimum atomic E-state index is -0.203. The second-order valence-electron chi connectivity index (χ2n) is 6.10. The Kier molecular flexibility index (Phi) is 9.90. The molecule has 0 atom stereocenters. The van der Waals surface area contributed by atoms with E-state index in [2.05, 4.69) is 10.6 Å². The molecule has 0 fully saturated rings. The molecule has 2 N–H and O–H groups in total. The Morgan fingerprint density at radius 1 is 1.07 bits per heavy atom. The molecular weight excluding hydrogens is 396 g/mol. The molecule has 2 rings (SSSR count). The third kappa shape index (κ3) is 7.92. The number of hydrogen-bond donors (Lipinski definition) is 2. The van der Waals surface area contributed by atoms with Crippen molar-refractivity contribution in [1.82, 2.24) is 5.32 Å². The molecule has 0 aliphatic heterocycles. The molecule has 0 aliphatic carbocycles. The number of carbonyl (C=O) groups is 2. The molecule has 0 radical (unpaired) electrons. The summed E-state index contributed by atoms with van der Waals surface area (Å²) in [5, 5.41) is 6.40. The second kappa shape index (κ2) is 12.4. The lowest BCUT2D eigenvalue weighted by Crippen LogP contribution is -2.26. The van der Waals surface area contributed by atoms with Crippen molar-refractivity contribution in [2.45, 2.75) is 24.2 Å². The first kappa shape index (κ1) is 22.3. The van der Waals surface area contributed by atoms with Crippen molar-refractivity contribution < 1.29 is 14.3 Å². The number of carbonyl (C=O) groups excluding carboxylic acids is 2. The summed E-state index contributed by atoms with van der Waals surface area (Å²) < 4.78 is 4.97. The van der Waals surface area contributed by atoms with Crippen molar-refractivity contribution >= 4 is 40.9 Å². The molecule has 2 aromatic rings. The highest BCUT2D eigenvalue weighted by Gasteiger charge is 2.12. The summed E-state index contributed by atoms with van der Waals surface area (Å²) in [5.74, 6) is 0.526. The fourth-order valence-corrected chi connectivity index (χ4v) is 3.45. The van der Waals surface area contributed by atoms with Gasteiger partial charge in [-0.15, -0.1) is 11.8 Å². The highest BCUT2D eigenvalue weighted by Crippen LogP contribution is 2.22. The average molecular weight is 421 g/mol. The molecule has 0 saturated heterocycles. The van der Waals surface area contributed by atoms with E-state index in [-0.39, 0.29) is 11.8 Å². The number of anilines is 1. The Hall–Kier alpha value is -2.02. The Morgan fingerprint density at radius 3 is 2.57 bits per heavy atom. The van der Waals surface area contributed by atoms with Crippen LogP contribution in [0.15, 0.2) is 53.4 Å². The van der Waals surface area contributed by atoms with Crippen LogP contribution in [-0.4, -0.2) is 37.8 Å². The molecule has 0 aromatic heterocycles. The fourth-order valence-electron chi connectivity index (χ4n) is 2.47. The normalized spacial score (nSPS) is 10.5. The molecule has 0 heterocycles. The van der Waals surface area contributed by atoms with Gasteiger partial charge in [0.1, 0.15) is 0 Å². The molecular formula is C21H25ClN2O3S. The van der Waals surface area contributed by atoms with E-state index >= 15 is 0 Å². The maximum Gasteiger partial charge on any atom is 0.253 e. The number of nitrogens with one attached hydrogen (secondary N) is 2. The molecule has 0 aliphatic rings. The minimum Gasteiger partial charge on any atom is -0.385 e. The van der Waals surface area contributed by atoms with Crippen molar-refractivity contribution in [1.29, 1.82) is 0 Å². The smallest absolute Gasteiger partial charge is 0.253 e. The van der Waals surface area contributed by atoms with E-state index < -0.39 is 0 Å². The molecule has 28 heavy (non-hydrogen) atoms. The number of ether oxygens (including phenoxy) is 1. The summed E-state index contributed by atoms with van der Waals surface area (Å²) in [6.45, 7) is 1.11. The van der Waals surface area contributed by atoms with Crippen molar-refractivity contribution in [3.8, 4) is 0 Å². The molecule has 7 heteroatoms. The molecule has 150 valence electrons. The van der Waals surface area contributed by atoms with Crippen LogP contribution in [-0.2, 0) is 9.53 Å². The van der Waals surface area contributed by atoms with E-state index in [0.717, 1.165) is 23.5 Å².